The molecule has 0 unspecified atom stereocenters. The van der Waals surface area contributed by atoms with E-state index in [4.69, 9.17) is 5.11 Å². The molecule has 5 nitrogen and oxygen atoms in total. The van der Waals surface area contributed by atoms with E-state index in [0.717, 1.165) is 0 Å². The highest BCUT2D eigenvalue weighted by molar-refractivity contribution is 5.94. The normalized spacial score (nSPS) is 10.0. The van der Waals surface area contributed by atoms with Crippen molar-refractivity contribution in [2.45, 2.75) is 6.54 Å². The summed E-state index contributed by atoms with van der Waals surface area (Å²) in [5.74, 6) is -1.32. The highest BCUT2D eigenvalue weighted by Gasteiger charge is 2.07. The van der Waals surface area contributed by atoms with Gasteiger partial charge in [-0.15, -0.1) is 0 Å². The van der Waals surface area contributed by atoms with Crippen LogP contribution in [0.5, 0.6) is 5.75 Å². The SMILES string of the molecule is O=C(O)c1cccc(CNC(=O)c2cccc(O)c2)c1. The first-order chi connectivity index (χ1) is 9.56. The summed E-state index contributed by atoms with van der Waals surface area (Å²) in [7, 11) is 0. The van der Waals surface area contributed by atoms with Gasteiger partial charge in [0.2, 0.25) is 0 Å². The van der Waals surface area contributed by atoms with Gasteiger partial charge in [-0.3, -0.25) is 4.79 Å². The van der Waals surface area contributed by atoms with Crippen LogP contribution in [0.3, 0.4) is 0 Å². The van der Waals surface area contributed by atoms with Crippen LogP contribution < -0.4 is 5.32 Å². The predicted octanol–water partition coefficient (Wildman–Crippen LogP) is 2.02. The maximum atomic E-state index is 11.9. The lowest BCUT2D eigenvalue weighted by Gasteiger charge is -2.06. The van der Waals surface area contributed by atoms with Crippen LogP contribution in [-0.2, 0) is 6.54 Å². The predicted molar refractivity (Wildman–Crippen MR) is 72.7 cm³/mol. The van der Waals surface area contributed by atoms with Crippen LogP contribution in [0.4, 0.5) is 0 Å². The maximum absolute atomic E-state index is 11.9. The molecular weight excluding hydrogens is 258 g/mol. The summed E-state index contributed by atoms with van der Waals surface area (Å²) in [6, 6.07) is 12.4. The number of hydrogen-bond acceptors (Lipinski definition) is 3. The number of aromatic carboxylic acids is 1. The Bertz CT molecular complexity index is 652. The van der Waals surface area contributed by atoms with Crippen LogP contribution in [0.1, 0.15) is 26.3 Å². The number of aromatic hydroxyl groups is 1. The fourth-order valence-corrected chi connectivity index (χ4v) is 1.75. The van der Waals surface area contributed by atoms with Gasteiger partial charge in [0, 0.05) is 12.1 Å². The van der Waals surface area contributed by atoms with Crippen molar-refractivity contribution in [3.63, 3.8) is 0 Å². The number of carbonyl (C=O) groups is 2. The number of carbonyl (C=O) groups excluding carboxylic acids is 1. The first kappa shape index (κ1) is 13.6. The molecular formula is C15H13NO4. The van der Waals surface area contributed by atoms with Crippen LogP contribution >= 0.6 is 0 Å². The molecule has 0 aromatic heterocycles. The molecule has 0 aliphatic heterocycles. The van der Waals surface area contributed by atoms with Gasteiger partial charge in [0.05, 0.1) is 5.56 Å². The Morgan fingerprint density at radius 1 is 1.00 bits per heavy atom. The summed E-state index contributed by atoms with van der Waals surface area (Å²) in [6.45, 7) is 0.218. The smallest absolute Gasteiger partial charge is 0.335 e. The van der Waals surface area contributed by atoms with Crippen LogP contribution in [0, 0.1) is 0 Å². The number of phenols is 1. The topological polar surface area (TPSA) is 86.6 Å². The number of phenolic OH excluding ortho intramolecular Hbond substituents is 1. The van der Waals surface area contributed by atoms with E-state index in [0.29, 0.717) is 11.1 Å². The van der Waals surface area contributed by atoms with Crippen molar-refractivity contribution in [3.05, 3.63) is 65.2 Å². The quantitative estimate of drug-likeness (QED) is 0.794. The van der Waals surface area contributed by atoms with Crippen LogP contribution in [0.2, 0.25) is 0 Å². The minimum atomic E-state index is -1.01. The molecule has 0 saturated carbocycles. The number of carboxylic acids is 1. The van der Waals surface area contributed by atoms with E-state index in [2.05, 4.69) is 5.32 Å². The molecule has 102 valence electrons. The number of carboxylic acid groups (broad SMARTS) is 1. The van der Waals surface area contributed by atoms with Gasteiger partial charge >= 0.3 is 5.97 Å². The van der Waals surface area contributed by atoms with Crippen molar-refractivity contribution in [3.8, 4) is 5.75 Å². The van der Waals surface area contributed by atoms with E-state index in [1.165, 1.54) is 24.3 Å². The molecule has 0 radical (unpaired) electrons. The zero-order valence-electron chi connectivity index (χ0n) is 10.5. The van der Waals surface area contributed by atoms with E-state index in [1.807, 2.05) is 0 Å². The summed E-state index contributed by atoms with van der Waals surface area (Å²) < 4.78 is 0. The number of amides is 1. The monoisotopic (exact) mass is 271 g/mol. The second kappa shape index (κ2) is 5.88. The van der Waals surface area contributed by atoms with Gasteiger partial charge in [-0.1, -0.05) is 18.2 Å². The van der Waals surface area contributed by atoms with Gasteiger partial charge in [-0.2, -0.15) is 0 Å². The lowest BCUT2D eigenvalue weighted by atomic mass is 10.1. The number of rotatable bonds is 4. The summed E-state index contributed by atoms with van der Waals surface area (Å²) in [6.07, 6.45) is 0. The van der Waals surface area contributed by atoms with E-state index < -0.39 is 5.97 Å². The zero-order chi connectivity index (χ0) is 14.5. The van der Waals surface area contributed by atoms with Crippen molar-refractivity contribution < 1.29 is 19.8 Å². The molecule has 0 spiro atoms. The molecule has 5 heteroatoms. The summed E-state index contributed by atoms with van der Waals surface area (Å²) in [5.41, 5.74) is 1.21. The third kappa shape index (κ3) is 3.35. The van der Waals surface area contributed by atoms with Gasteiger partial charge in [0.25, 0.3) is 5.91 Å². The van der Waals surface area contributed by atoms with Gasteiger partial charge in [0.1, 0.15) is 5.75 Å². The van der Waals surface area contributed by atoms with Gasteiger partial charge < -0.3 is 15.5 Å². The van der Waals surface area contributed by atoms with Gasteiger partial charge in [0.15, 0.2) is 0 Å². The Morgan fingerprint density at radius 2 is 1.70 bits per heavy atom. The summed E-state index contributed by atoms with van der Waals surface area (Å²) in [4.78, 5) is 22.7. The van der Waals surface area contributed by atoms with Crippen molar-refractivity contribution in [1.82, 2.24) is 5.32 Å². The molecule has 0 saturated heterocycles. The minimum Gasteiger partial charge on any atom is -0.508 e. The van der Waals surface area contributed by atoms with Crippen LogP contribution in [0.25, 0.3) is 0 Å². The molecule has 2 rings (SSSR count). The lowest BCUT2D eigenvalue weighted by molar-refractivity contribution is 0.0696. The highest BCUT2D eigenvalue weighted by atomic mass is 16.4. The molecule has 3 N–H and O–H groups in total. The fraction of sp³-hybridized carbons (Fsp3) is 0.0667. The lowest BCUT2D eigenvalue weighted by Crippen LogP contribution is -2.22. The molecule has 20 heavy (non-hydrogen) atoms. The molecule has 0 fully saturated rings. The van der Waals surface area contributed by atoms with Gasteiger partial charge in [-0.25, -0.2) is 4.79 Å². The van der Waals surface area contributed by atoms with E-state index in [1.54, 1.807) is 24.3 Å². The standard InChI is InChI=1S/C15H13NO4/c17-13-6-2-4-11(8-13)14(18)16-9-10-3-1-5-12(7-10)15(19)20/h1-8,17H,9H2,(H,16,18)(H,19,20). The molecule has 1 amide bonds. The van der Waals surface area contributed by atoms with Gasteiger partial charge in [-0.05, 0) is 35.9 Å². The number of nitrogens with one attached hydrogen (secondary N) is 1. The second-order valence-corrected chi connectivity index (χ2v) is 4.24. The molecule has 0 aliphatic rings. The Balaban J connectivity index is 2.03. The third-order valence-electron chi connectivity index (χ3n) is 2.74. The zero-order valence-corrected chi connectivity index (χ0v) is 10.5. The maximum Gasteiger partial charge on any atom is 0.335 e. The Labute approximate surface area is 115 Å². The van der Waals surface area contributed by atoms with E-state index in [9.17, 15) is 14.7 Å². The van der Waals surface area contributed by atoms with Crippen LogP contribution in [-0.4, -0.2) is 22.1 Å². The number of benzene rings is 2. The summed E-state index contributed by atoms with van der Waals surface area (Å²) >= 11 is 0. The average molecular weight is 271 g/mol. The Hall–Kier alpha value is -2.82. The third-order valence-corrected chi connectivity index (χ3v) is 2.74. The average Bonchev–Trinajstić information content (AvgIpc) is 2.45. The second-order valence-electron chi connectivity index (χ2n) is 4.24. The highest BCUT2D eigenvalue weighted by Crippen LogP contribution is 2.11. The molecule has 0 bridgehead atoms. The largest absolute Gasteiger partial charge is 0.508 e. The molecule has 0 heterocycles. The van der Waals surface area contributed by atoms with Crippen molar-refractivity contribution in [1.29, 1.82) is 0 Å². The number of hydrogen-bond donors (Lipinski definition) is 3. The van der Waals surface area contributed by atoms with Crippen molar-refractivity contribution in [2.24, 2.45) is 0 Å². The molecule has 2 aromatic carbocycles. The van der Waals surface area contributed by atoms with Crippen molar-refractivity contribution >= 4 is 11.9 Å². The first-order valence-corrected chi connectivity index (χ1v) is 5.96. The Morgan fingerprint density at radius 3 is 2.40 bits per heavy atom. The molecule has 2 aromatic rings. The molecule has 0 atom stereocenters. The van der Waals surface area contributed by atoms with Crippen LogP contribution in [0.15, 0.2) is 48.5 Å². The summed E-state index contributed by atoms with van der Waals surface area (Å²) in [5, 5.41) is 20.8. The minimum absolute atomic E-state index is 0.0190. The van der Waals surface area contributed by atoms with Crippen molar-refractivity contribution in [2.75, 3.05) is 0 Å². The van der Waals surface area contributed by atoms with E-state index in [-0.39, 0.29) is 23.8 Å². The van der Waals surface area contributed by atoms with E-state index >= 15 is 0 Å². The fourth-order valence-electron chi connectivity index (χ4n) is 1.75. The Kier molecular flexibility index (Phi) is 4.00. The molecule has 0 aliphatic carbocycles. The first-order valence-electron chi connectivity index (χ1n) is 5.96.